The van der Waals surface area contributed by atoms with Gasteiger partial charge >= 0.3 is 0 Å². The van der Waals surface area contributed by atoms with Gasteiger partial charge in [0.2, 0.25) is 0 Å². The van der Waals surface area contributed by atoms with Crippen LogP contribution in [0.5, 0.6) is 11.5 Å². The molecule has 0 fully saturated rings. The van der Waals surface area contributed by atoms with Crippen LogP contribution in [0.4, 0.5) is 8.78 Å². The third-order valence-electron chi connectivity index (χ3n) is 2.91. The van der Waals surface area contributed by atoms with Gasteiger partial charge in [-0.05, 0) is 32.2 Å². The SMILES string of the molecule is CNC(C)c1cccc(F)c1Oc1cccc(F)c1. The summed E-state index contributed by atoms with van der Waals surface area (Å²) in [6.07, 6.45) is 0. The van der Waals surface area contributed by atoms with Gasteiger partial charge in [0.05, 0.1) is 0 Å². The highest BCUT2D eigenvalue weighted by atomic mass is 19.1. The molecule has 1 unspecified atom stereocenters. The zero-order valence-electron chi connectivity index (χ0n) is 10.8. The lowest BCUT2D eigenvalue weighted by Gasteiger charge is -2.16. The number of para-hydroxylation sites is 1. The molecule has 0 aliphatic carbocycles. The molecule has 0 aliphatic heterocycles. The van der Waals surface area contributed by atoms with E-state index in [2.05, 4.69) is 5.32 Å². The van der Waals surface area contributed by atoms with Crippen molar-refractivity contribution in [3.8, 4) is 11.5 Å². The average Bonchev–Trinajstić information content (AvgIpc) is 2.40. The second-order valence-electron chi connectivity index (χ2n) is 4.23. The van der Waals surface area contributed by atoms with Crippen LogP contribution in [0.1, 0.15) is 18.5 Å². The molecule has 0 saturated carbocycles. The van der Waals surface area contributed by atoms with E-state index in [1.165, 1.54) is 24.3 Å². The first-order valence-corrected chi connectivity index (χ1v) is 6.01. The van der Waals surface area contributed by atoms with Gasteiger partial charge < -0.3 is 10.1 Å². The van der Waals surface area contributed by atoms with Gasteiger partial charge in [-0.3, -0.25) is 0 Å². The van der Waals surface area contributed by atoms with Crippen molar-refractivity contribution >= 4 is 0 Å². The maximum absolute atomic E-state index is 13.9. The highest BCUT2D eigenvalue weighted by molar-refractivity contribution is 5.40. The van der Waals surface area contributed by atoms with Gasteiger partial charge in [0.15, 0.2) is 11.6 Å². The van der Waals surface area contributed by atoms with Crippen LogP contribution in [-0.2, 0) is 0 Å². The smallest absolute Gasteiger partial charge is 0.167 e. The first-order valence-electron chi connectivity index (χ1n) is 6.01. The molecule has 1 atom stereocenters. The summed E-state index contributed by atoms with van der Waals surface area (Å²) in [4.78, 5) is 0. The summed E-state index contributed by atoms with van der Waals surface area (Å²) >= 11 is 0. The Morgan fingerprint density at radius 1 is 1.11 bits per heavy atom. The molecule has 1 N–H and O–H groups in total. The van der Waals surface area contributed by atoms with Gasteiger partial charge in [0.1, 0.15) is 11.6 Å². The lowest BCUT2D eigenvalue weighted by atomic mass is 10.1. The molecule has 0 aliphatic rings. The number of ether oxygens (including phenoxy) is 1. The van der Waals surface area contributed by atoms with Crippen molar-refractivity contribution in [2.45, 2.75) is 13.0 Å². The highest BCUT2D eigenvalue weighted by Crippen LogP contribution is 2.32. The van der Waals surface area contributed by atoms with E-state index < -0.39 is 11.6 Å². The number of rotatable bonds is 4. The van der Waals surface area contributed by atoms with Gasteiger partial charge in [-0.25, -0.2) is 8.78 Å². The Hall–Kier alpha value is -1.94. The molecule has 0 amide bonds. The van der Waals surface area contributed by atoms with E-state index in [4.69, 9.17) is 4.74 Å². The molecule has 19 heavy (non-hydrogen) atoms. The largest absolute Gasteiger partial charge is 0.454 e. The fourth-order valence-corrected chi connectivity index (χ4v) is 1.78. The first-order chi connectivity index (χ1) is 9.11. The molecule has 0 bridgehead atoms. The molecule has 0 aromatic heterocycles. The van der Waals surface area contributed by atoms with Gasteiger partial charge in [0, 0.05) is 17.7 Å². The molecule has 4 heteroatoms. The molecule has 2 aromatic carbocycles. The topological polar surface area (TPSA) is 21.3 Å². The average molecular weight is 263 g/mol. The third kappa shape index (κ3) is 3.09. The van der Waals surface area contributed by atoms with Crippen molar-refractivity contribution in [3.63, 3.8) is 0 Å². The van der Waals surface area contributed by atoms with Crippen molar-refractivity contribution < 1.29 is 13.5 Å². The molecule has 100 valence electrons. The summed E-state index contributed by atoms with van der Waals surface area (Å²) in [5, 5.41) is 3.03. The highest BCUT2D eigenvalue weighted by Gasteiger charge is 2.15. The minimum absolute atomic E-state index is 0.0701. The van der Waals surface area contributed by atoms with E-state index in [1.807, 2.05) is 6.92 Å². The number of hydrogen-bond donors (Lipinski definition) is 1. The second kappa shape index (κ2) is 5.80. The van der Waals surface area contributed by atoms with Crippen LogP contribution in [-0.4, -0.2) is 7.05 Å². The summed E-state index contributed by atoms with van der Waals surface area (Å²) in [5.41, 5.74) is 0.687. The third-order valence-corrected chi connectivity index (χ3v) is 2.91. The monoisotopic (exact) mass is 263 g/mol. The maximum atomic E-state index is 13.9. The summed E-state index contributed by atoms with van der Waals surface area (Å²) in [5.74, 6) is -0.495. The van der Waals surface area contributed by atoms with E-state index in [0.717, 1.165) is 0 Å². The van der Waals surface area contributed by atoms with E-state index in [9.17, 15) is 8.78 Å². The Kier molecular flexibility index (Phi) is 4.12. The molecule has 0 saturated heterocycles. The van der Waals surface area contributed by atoms with Gasteiger partial charge in [-0.2, -0.15) is 0 Å². The molecule has 2 nitrogen and oxygen atoms in total. The number of halogens is 2. The van der Waals surface area contributed by atoms with Crippen LogP contribution in [0.25, 0.3) is 0 Å². The van der Waals surface area contributed by atoms with Gasteiger partial charge in [-0.15, -0.1) is 0 Å². The quantitative estimate of drug-likeness (QED) is 0.899. The Bertz CT molecular complexity index is 572. The number of nitrogens with one attached hydrogen (secondary N) is 1. The lowest BCUT2D eigenvalue weighted by molar-refractivity contribution is 0.425. The predicted octanol–water partition coefficient (Wildman–Crippen LogP) is 4.04. The fraction of sp³-hybridized carbons (Fsp3) is 0.200. The van der Waals surface area contributed by atoms with Crippen LogP contribution >= 0.6 is 0 Å². The zero-order valence-corrected chi connectivity index (χ0v) is 10.8. The molecule has 0 radical (unpaired) electrons. The van der Waals surface area contributed by atoms with Crippen molar-refractivity contribution in [2.75, 3.05) is 7.05 Å². The summed E-state index contributed by atoms with van der Waals surface area (Å²) in [7, 11) is 1.78. The first kappa shape index (κ1) is 13.5. The standard InChI is InChI=1S/C15H15F2NO/c1-10(18-2)13-7-4-8-14(17)15(13)19-12-6-3-5-11(16)9-12/h3-10,18H,1-2H3. The Balaban J connectivity index is 2.38. The van der Waals surface area contributed by atoms with E-state index in [0.29, 0.717) is 5.56 Å². The van der Waals surface area contributed by atoms with Crippen molar-refractivity contribution in [1.29, 1.82) is 0 Å². The predicted molar refractivity (Wildman–Crippen MR) is 70.3 cm³/mol. The minimum atomic E-state index is -0.469. The van der Waals surface area contributed by atoms with E-state index in [1.54, 1.807) is 25.2 Å². The van der Waals surface area contributed by atoms with Crippen LogP contribution < -0.4 is 10.1 Å². The van der Waals surface area contributed by atoms with Crippen molar-refractivity contribution in [3.05, 3.63) is 59.7 Å². The Morgan fingerprint density at radius 3 is 2.53 bits per heavy atom. The maximum Gasteiger partial charge on any atom is 0.167 e. The van der Waals surface area contributed by atoms with Crippen molar-refractivity contribution in [2.24, 2.45) is 0 Å². The molecular weight excluding hydrogens is 248 g/mol. The molecule has 0 spiro atoms. The Morgan fingerprint density at radius 2 is 1.84 bits per heavy atom. The number of benzene rings is 2. The van der Waals surface area contributed by atoms with E-state index in [-0.39, 0.29) is 17.5 Å². The number of hydrogen-bond acceptors (Lipinski definition) is 2. The van der Waals surface area contributed by atoms with Crippen molar-refractivity contribution in [1.82, 2.24) is 5.32 Å². The normalized spacial score (nSPS) is 12.2. The van der Waals surface area contributed by atoms with E-state index >= 15 is 0 Å². The summed E-state index contributed by atoms with van der Waals surface area (Å²) < 4.78 is 32.5. The molecule has 2 rings (SSSR count). The summed E-state index contributed by atoms with van der Waals surface area (Å²) in [6, 6.07) is 10.3. The second-order valence-corrected chi connectivity index (χ2v) is 4.23. The molecular formula is C15H15F2NO. The van der Waals surface area contributed by atoms with Gasteiger partial charge in [-0.1, -0.05) is 18.2 Å². The van der Waals surface area contributed by atoms with Crippen LogP contribution in [0.2, 0.25) is 0 Å². The van der Waals surface area contributed by atoms with Crippen LogP contribution in [0.15, 0.2) is 42.5 Å². The lowest BCUT2D eigenvalue weighted by Crippen LogP contribution is -2.13. The zero-order chi connectivity index (χ0) is 13.8. The van der Waals surface area contributed by atoms with Gasteiger partial charge in [0.25, 0.3) is 0 Å². The van der Waals surface area contributed by atoms with Crippen LogP contribution in [0.3, 0.4) is 0 Å². The fourth-order valence-electron chi connectivity index (χ4n) is 1.78. The summed E-state index contributed by atoms with van der Waals surface area (Å²) in [6.45, 7) is 1.90. The minimum Gasteiger partial charge on any atom is -0.454 e. The van der Waals surface area contributed by atoms with Crippen LogP contribution in [0, 0.1) is 11.6 Å². The Labute approximate surface area is 111 Å². The molecule has 2 aromatic rings. The molecule has 0 heterocycles.